The van der Waals surface area contributed by atoms with Gasteiger partial charge in [-0.25, -0.2) is 0 Å². The van der Waals surface area contributed by atoms with Crippen LogP contribution in [0.5, 0.6) is 5.75 Å². The summed E-state index contributed by atoms with van der Waals surface area (Å²) in [5.74, 6) is 2.06. The van der Waals surface area contributed by atoms with Crippen LogP contribution in [0, 0.1) is 0 Å². The van der Waals surface area contributed by atoms with E-state index < -0.39 is 0 Å². The van der Waals surface area contributed by atoms with Gasteiger partial charge in [0.15, 0.2) is 5.75 Å². The summed E-state index contributed by atoms with van der Waals surface area (Å²) in [5.41, 5.74) is 7.53. The molecule has 102 valence electrons. The molecule has 5 heteroatoms. The van der Waals surface area contributed by atoms with Crippen LogP contribution in [0.15, 0.2) is 6.20 Å². The van der Waals surface area contributed by atoms with Crippen LogP contribution in [-0.2, 0) is 6.54 Å². The van der Waals surface area contributed by atoms with Gasteiger partial charge in [-0.3, -0.25) is 4.68 Å². The van der Waals surface area contributed by atoms with Crippen molar-refractivity contribution < 1.29 is 4.74 Å². The van der Waals surface area contributed by atoms with Gasteiger partial charge in [0.1, 0.15) is 0 Å². The molecule has 1 aliphatic heterocycles. The van der Waals surface area contributed by atoms with Crippen molar-refractivity contribution >= 4 is 11.8 Å². The lowest BCUT2D eigenvalue weighted by molar-refractivity contribution is 0.397. The molecule has 2 atom stereocenters. The van der Waals surface area contributed by atoms with Gasteiger partial charge in [-0.15, -0.1) is 0 Å². The monoisotopic (exact) mass is 269 g/mol. The highest BCUT2D eigenvalue weighted by Crippen LogP contribution is 2.36. The van der Waals surface area contributed by atoms with Gasteiger partial charge in [0.25, 0.3) is 0 Å². The minimum absolute atomic E-state index is 0.0271. The van der Waals surface area contributed by atoms with Gasteiger partial charge in [-0.2, -0.15) is 16.9 Å². The van der Waals surface area contributed by atoms with Crippen LogP contribution < -0.4 is 10.5 Å². The van der Waals surface area contributed by atoms with Crippen LogP contribution in [0.1, 0.15) is 44.3 Å². The Kier molecular flexibility index (Phi) is 4.95. The van der Waals surface area contributed by atoms with E-state index in [1.807, 2.05) is 16.4 Å². The number of nitrogens with zero attached hydrogens (tertiary/aromatic N) is 2. The average Bonchev–Trinajstić information content (AvgIpc) is 2.82. The van der Waals surface area contributed by atoms with Crippen molar-refractivity contribution in [1.82, 2.24) is 9.78 Å². The molecule has 1 aromatic heterocycles. The van der Waals surface area contributed by atoms with E-state index in [0.29, 0.717) is 5.25 Å². The summed E-state index contributed by atoms with van der Waals surface area (Å²) in [6.07, 6.45) is 6.65. The maximum atomic E-state index is 6.46. The van der Waals surface area contributed by atoms with Crippen LogP contribution in [0.3, 0.4) is 0 Å². The lowest BCUT2D eigenvalue weighted by atomic mass is 10.0. The number of aromatic nitrogens is 2. The van der Waals surface area contributed by atoms with Crippen molar-refractivity contribution in [3.05, 3.63) is 11.9 Å². The molecule has 2 unspecified atom stereocenters. The fourth-order valence-electron chi connectivity index (χ4n) is 2.49. The van der Waals surface area contributed by atoms with Crippen LogP contribution in [0.2, 0.25) is 0 Å². The smallest absolute Gasteiger partial charge is 0.161 e. The lowest BCUT2D eigenvalue weighted by Gasteiger charge is -2.27. The standard InChI is InChI=1S/C13H23N3OS/c1-3-7-16-13(10(17-2)9-15-16)12(14)11-6-4-5-8-18-11/h9,11-12H,3-8,14H2,1-2H3. The zero-order chi connectivity index (χ0) is 13.0. The molecule has 0 saturated carbocycles. The molecule has 1 fully saturated rings. The van der Waals surface area contributed by atoms with Crippen LogP contribution in [-0.4, -0.2) is 27.9 Å². The minimum Gasteiger partial charge on any atom is -0.493 e. The third-order valence-corrected chi connectivity index (χ3v) is 4.91. The lowest BCUT2D eigenvalue weighted by Crippen LogP contribution is -2.29. The second-order valence-electron chi connectivity index (χ2n) is 4.75. The van der Waals surface area contributed by atoms with Crippen LogP contribution in [0.4, 0.5) is 0 Å². The molecular formula is C13H23N3OS. The number of thioether (sulfide) groups is 1. The maximum absolute atomic E-state index is 6.46. The first-order valence-corrected chi connectivity index (χ1v) is 7.79. The van der Waals surface area contributed by atoms with E-state index in [1.165, 1.54) is 25.0 Å². The first-order chi connectivity index (χ1) is 8.77. The number of ether oxygens (including phenoxy) is 1. The summed E-state index contributed by atoms with van der Waals surface area (Å²) in [7, 11) is 1.69. The number of hydrogen-bond acceptors (Lipinski definition) is 4. The first kappa shape index (κ1) is 13.7. The molecule has 0 aromatic carbocycles. The van der Waals surface area contributed by atoms with Crippen molar-refractivity contribution in [1.29, 1.82) is 0 Å². The molecule has 1 saturated heterocycles. The summed E-state index contributed by atoms with van der Waals surface area (Å²) < 4.78 is 7.42. The van der Waals surface area contributed by atoms with E-state index in [0.717, 1.165) is 24.4 Å². The summed E-state index contributed by atoms with van der Waals surface area (Å²) >= 11 is 1.99. The molecule has 0 spiro atoms. The Hall–Kier alpha value is -0.680. The number of hydrogen-bond donors (Lipinski definition) is 1. The third-order valence-electron chi connectivity index (χ3n) is 3.43. The average molecular weight is 269 g/mol. The van der Waals surface area contributed by atoms with Gasteiger partial charge in [0.2, 0.25) is 0 Å². The third kappa shape index (κ3) is 2.83. The topological polar surface area (TPSA) is 53.1 Å². The Morgan fingerprint density at radius 2 is 2.44 bits per heavy atom. The molecule has 1 aromatic rings. The fraction of sp³-hybridized carbons (Fsp3) is 0.769. The van der Waals surface area contributed by atoms with E-state index in [-0.39, 0.29) is 6.04 Å². The molecular weight excluding hydrogens is 246 g/mol. The quantitative estimate of drug-likeness (QED) is 0.892. The number of methoxy groups -OCH3 is 1. The summed E-state index contributed by atoms with van der Waals surface area (Å²) in [6.45, 7) is 3.06. The molecule has 1 aliphatic rings. The predicted molar refractivity (Wildman–Crippen MR) is 76.1 cm³/mol. The van der Waals surface area contributed by atoms with Crippen LogP contribution >= 0.6 is 11.8 Å². The second kappa shape index (κ2) is 6.48. The Labute approximate surface area is 113 Å². The number of nitrogens with two attached hydrogens (primary N) is 1. The molecule has 0 aliphatic carbocycles. The van der Waals surface area contributed by atoms with Gasteiger partial charge < -0.3 is 10.5 Å². The molecule has 0 bridgehead atoms. The van der Waals surface area contributed by atoms with E-state index in [1.54, 1.807) is 13.3 Å². The highest BCUT2D eigenvalue weighted by atomic mass is 32.2. The van der Waals surface area contributed by atoms with Crippen molar-refractivity contribution in [2.45, 2.75) is 50.4 Å². The summed E-state index contributed by atoms with van der Waals surface area (Å²) in [5, 5.41) is 4.89. The van der Waals surface area contributed by atoms with Crippen molar-refractivity contribution in [2.75, 3.05) is 12.9 Å². The minimum atomic E-state index is 0.0271. The molecule has 0 amide bonds. The number of rotatable bonds is 5. The van der Waals surface area contributed by atoms with Gasteiger partial charge in [0, 0.05) is 11.8 Å². The van der Waals surface area contributed by atoms with Gasteiger partial charge in [0.05, 0.1) is 25.0 Å². The molecule has 18 heavy (non-hydrogen) atoms. The Bertz CT molecular complexity index is 374. The maximum Gasteiger partial charge on any atom is 0.161 e. The highest BCUT2D eigenvalue weighted by Gasteiger charge is 2.28. The van der Waals surface area contributed by atoms with Gasteiger partial charge in [-0.05, 0) is 25.0 Å². The highest BCUT2D eigenvalue weighted by molar-refractivity contribution is 8.00. The largest absolute Gasteiger partial charge is 0.493 e. The van der Waals surface area contributed by atoms with Gasteiger partial charge >= 0.3 is 0 Å². The zero-order valence-electron chi connectivity index (χ0n) is 11.3. The molecule has 0 radical (unpaired) electrons. The zero-order valence-corrected chi connectivity index (χ0v) is 12.1. The summed E-state index contributed by atoms with van der Waals surface area (Å²) in [4.78, 5) is 0. The normalized spacial score (nSPS) is 21.8. The fourth-order valence-corrected chi connectivity index (χ4v) is 3.83. The SMILES string of the molecule is CCCn1ncc(OC)c1C(N)C1CCCCS1. The second-order valence-corrected chi connectivity index (χ2v) is 6.10. The Balaban J connectivity index is 2.20. The van der Waals surface area contributed by atoms with Gasteiger partial charge in [-0.1, -0.05) is 13.3 Å². The van der Waals surface area contributed by atoms with E-state index in [4.69, 9.17) is 10.5 Å². The Morgan fingerprint density at radius 1 is 1.61 bits per heavy atom. The molecule has 2 heterocycles. The molecule has 4 nitrogen and oxygen atoms in total. The van der Waals surface area contributed by atoms with Crippen molar-refractivity contribution in [3.63, 3.8) is 0 Å². The van der Waals surface area contributed by atoms with Crippen LogP contribution in [0.25, 0.3) is 0 Å². The number of aryl methyl sites for hydroxylation is 1. The molecule has 2 N–H and O–H groups in total. The Morgan fingerprint density at radius 3 is 3.06 bits per heavy atom. The van der Waals surface area contributed by atoms with E-state index in [2.05, 4.69) is 12.0 Å². The van der Waals surface area contributed by atoms with E-state index in [9.17, 15) is 0 Å². The summed E-state index contributed by atoms with van der Waals surface area (Å²) in [6, 6.07) is 0.0271. The van der Waals surface area contributed by atoms with Crippen molar-refractivity contribution in [3.8, 4) is 5.75 Å². The molecule has 2 rings (SSSR count). The predicted octanol–water partition coefficient (Wildman–Crippen LogP) is 2.59. The first-order valence-electron chi connectivity index (χ1n) is 6.74. The van der Waals surface area contributed by atoms with Crippen molar-refractivity contribution in [2.24, 2.45) is 5.73 Å². The van der Waals surface area contributed by atoms with E-state index >= 15 is 0 Å².